The minimum atomic E-state index is 0.520. The van der Waals surface area contributed by atoms with Gasteiger partial charge in [-0.25, -0.2) is 0 Å². The molecule has 0 bridgehead atoms. The third kappa shape index (κ3) is 3.49. The summed E-state index contributed by atoms with van der Waals surface area (Å²) in [7, 11) is 0. The summed E-state index contributed by atoms with van der Waals surface area (Å²) in [4.78, 5) is 2.58. The Balaban J connectivity index is 1.98. The van der Waals surface area contributed by atoms with E-state index in [0.717, 1.165) is 12.2 Å². The van der Waals surface area contributed by atoms with Gasteiger partial charge in [-0.3, -0.25) is 4.90 Å². The lowest BCUT2D eigenvalue weighted by Gasteiger charge is -2.23. The molecule has 1 aliphatic heterocycles. The van der Waals surface area contributed by atoms with E-state index in [1.165, 1.54) is 43.5 Å². The first kappa shape index (κ1) is 13.4. The lowest BCUT2D eigenvalue weighted by molar-refractivity contribution is 0.256. The van der Waals surface area contributed by atoms with Crippen LogP contribution in [0.25, 0.3) is 0 Å². The Morgan fingerprint density at radius 3 is 2.72 bits per heavy atom. The SMILES string of the molecule is Cc1cc(CN2CCCC(C)(C)CC2)ccc1N. The van der Waals surface area contributed by atoms with Crippen molar-refractivity contribution in [3.05, 3.63) is 29.3 Å². The topological polar surface area (TPSA) is 29.3 Å². The molecule has 1 aliphatic rings. The maximum Gasteiger partial charge on any atom is 0.0343 e. The smallest absolute Gasteiger partial charge is 0.0343 e. The van der Waals surface area contributed by atoms with Crippen LogP contribution in [-0.4, -0.2) is 18.0 Å². The summed E-state index contributed by atoms with van der Waals surface area (Å²) in [5.41, 5.74) is 9.87. The molecule has 0 aromatic heterocycles. The van der Waals surface area contributed by atoms with Gasteiger partial charge in [0.1, 0.15) is 0 Å². The lowest BCUT2D eigenvalue weighted by Crippen LogP contribution is -2.25. The van der Waals surface area contributed by atoms with Gasteiger partial charge in [-0.05, 0) is 61.9 Å². The molecular weight excluding hydrogens is 220 g/mol. The van der Waals surface area contributed by atoms with Gasteiger partial charge in [0.15, 0.2) is 0 Å². The van der Waals surface area contributed by atoms with E-state index in [0.29, 0.717) is 5.41 Å². The van der Waals surface area contributed by atoms with Crippen LogP contribution in [-0.2, 0) is 6.54 Å². The zero-order valence-corrected chi connectivity index (χ0v) is 12.0. The van der Waals surface area contributed by atoms with E-state index in [4.69, 9.17) is 5.73 Å². The number of aryl methyl sites for hydroxylation is 1. The average molecular weight is 246 g/mol. The molecule has 1 aromatic carbocycles. The molecule has 0 atom stereocenters. The molecule has 1 heterocycles. The highest BCUT2D eigenvalue weighted by atomic mass is 15.1. The first-order chi connectivity index (χ1) is 8.46. The summed E-state index contributed by atoms with van der Waals surface area (Å²) in [5.74, 6) is 0. The van der Waals surface area contributed by atoms with Crippen molar-refractivity contribution in [2.45, 2.75) is 46.6 Å². The fourth-order valence-corrected chi connectivity index (χ4v) is 2.73. The van der Waals surface area contributed by atoms with Gasteiger partial charge in [-0.1, -0.05) is 26.0 Å². The van der Waals surface area contributed by atoms with Crippen LogP contribution >= 0.6 is 0 Å². The fourth-order valence-electron chi connectivity index (χ4n) is 2.73. The standard InChI is InChI=1S/C16H26N2/c1-13-11-14(5-6-15(13)17)12-18-9-4-7-16(2,3)8-10-18/h5-6,11H,4,7-10,12,17H2,1-3H3. The summed E-state index contributed by atoms with van der Waals surface area (Å²) < 4.78 is 0. The first-order valence-electron chi connectivity index (χ1n) is 7.04. The number of anilines is 1. The third-order valence-electron chi connectivity index (χ3n) is 4.17. The molecule has 2 N–H and O–H groups in total. The maximum absolute atomic E-state index is 5.87. The molecule has 100 valence electrons. The molecule has 0 saturated carbocycles. The predicted octanol–water partition coefficient (Wildman–Crippen LogP) is 3.59. The van der Waals surface area contributed by atoms with Gasteiger partial charge in [0.05, 0.1) is 0 Å². The Morgan fingerprint density at radius 1 is 1.22 bits per heavy atom. The number of nitrogens with two attached hydrogens (primary N) is 1. The summed E-state index contributed by atoms with van der Waals surface area (Å²) in [6.45, 7) is 10.4. The van der Waals surface area contributed by atoms with Crippen LogP contribution < -0.4 is 5.73 Å². The molecule has 2 rings (SSSR count). The Morgan fingerprint density at radius 2 is 2.00 bits per heavy atom. The van der Waals surface area contributed by atoms with Crippen molar-refractivity contribution in [3.63, 3.8) is 0 Å². The van der Waals surface area contributed by atoms with Crippen molar-refractivity contribution < 1.29 is 0 Å². The van der Waals surface area contributed by atoms with Crippen molar-refractivity contribution in [2.75, 3.05) is 18.8 Å². The third-order valence-corrected chi connectivity index (χ3v) is 4.17. The number of hydrogen-bond acceptors (Lipinski definition) is 2. The van der Waals surface area contributed by atoms with E-state index in [9.17, 15) is 0 Å². The highest BCUT2D eigenvalue weighted by Crippen LogP contribution is 2.30. The minimum Gasteiger partial charge on any atom is -0.399 e. The van der Waals surface area contributed by atoms with Crippen LogP contribution in [0.2, 0.25) is 0 Å². The maximum atomic E-state index is 5.87. The summed E-state index contributed by atoms with van der Waals surface area (Å²) in [5, 5.41) is 0. The zero-order valence-electron chi connectivity index (χ0n) is 12.0. The summed E-state index contributed by atoms with van der Waals surface area (Å²) in [6.07, 6.45) is 3.98. The summed E-state index contributed by atoms with van der Waals surface area (Å²) in [6, 6.07) is 6.43. The molecule has 18 heavy (non-hydrogen) atoms. The van der Waals surface area contributed by atoms with Gasteiger partial charge in [-0.2, -0.15) is 0 Å². The van der Waals surface area contributed by atoms with Gasteiger partial charge in [0.2, 0.25) is 0 Å². The average Bonchev–Trinajstić information content (AvgIpc) is 2.46. The molecule has 0 aliphatic carbocycles. The number of benzene rings is 1. The Bertz CT molecular complexity index is 410. The van der Waals surface area contributed by atoms with Gasteiger partial charge in [-0.15, -0.1) is 0 Å². The highest BCUT2D eigenvalue weighted by Gasteiger charge is 2.22. The van der Waals surface area contributed by atoms with Gasteiger partial charge < -0.3 is 5.73 Å². The fraction of sp³-hybridized carbons (Fsp3) is 0.625. The van der Waals surface area contributed by atoms with Gasteiger partial charge in [0, 0.05) is 12.2 Å². The zero-order chi connectivity index (χ0) is 13.2. The molecule has 1 fully saturated rings. The second-order valence-electron chi connectivity index (χ2n) is 6.48. The van der Waals surface area contributed by atoms with E-state index >= 15 is 0 Å². The minimum absolute atomic E-state index is 0.520. The van der Waals surface area contributed by atoms with Crippen molar-refractivity contribution >= 4 is 5.69 Å². The molecule has 1 aromatic rings. The van der Waals surface area contributed by atoms with Crippen LogP contribution in [0.1, 0.15) is 44.2 Å². The molecule has 0 unspecified atom stereocenters. The summed E-state index contributed by atoms with van der Waals surface area (Å²) >= 11 is 0. The van der Waals surface area contributed by atoms with Crippen LogP contribution in [0.15, 0.2) is 18.2 Å². The highest BCUT2D eigenvalue weighted by molar-refractivity contribution is 5.47. The van der Waals surface area contributed by atoms with Crippen LogP contribution in [0.4, 0.5) is 5.69 Å². The van der Waals surface area contributed by atoms with Gasteiger partial charge in [0.25, 0.3) is 0 Å². The molecule has 0 radical (unpaired) electrons. The molecule has 2 nitrogen and oxygen atoms in total. The first-order valence-corrected chi connectivity index (χ1v) is 7.04. The van der Waals surface area contributed by atoms with Gasteiger partial charge >= 0.3 is 0 Å². The van der Waals surface area contributed by atoms with Crippen molar-refractivity contribution in [1.29, 1.82) is 0 Å². The van der Waals surface area contributed by atoms with Crippen molar-refractivity contribution in [3.8, 4) is 0 Å². The molecule has 2 heteroatoms. The Labute approximate surface area is 111 Å². The molecule has 1 saturated heterocycles. The Kier molecular flexibility index (Phi) is 3.96. The molecule has 0 spiro atoms. The predicted molar refractivity (Wildman–Crippen MR) is 78.5 cm³/mol. The van der Waals surface area contributed by atoms with Crippen LogP contribution in [0, 0.1) is 12.3 Å². The largest absolute Gasteiger partial charge is 0.399 e. The number of nitrogens with zero attached hydrogens (tertiary/aromatic N) is 1. The monoisotopic (exact) mass is 246 g/mol. The van der Waals surface area contributed by atoms with E-state index in [1.807, 2.05) is 6.07 Å². The van der Waals surface area contributed by atoms with E-state index in [-0.39, 0.29) is 0 Å². The van der Waals surface area contributed by atoms with E-state index in [2.05, 4.69) is 37.8 Å². The lowest BCUT2D eigenvalue weighted by atomic mass is 9.85. The van der Waals surface area contributed by atoms with E-state index in [1.54, 1.807) is 0 Å². The van der Waals surface area contributed by atoms with Crippen molar-refractivity contribution in [2.24, 2.45) is 5.41 Å². The Hall–Kier alpha value is -1.02. The second-order valence-corrected chi connectivity index (χ2v) is 6.48. The second kappa shape index (κ2) is 5.31. The number of rotatable bonds is 2. The van der Waals surface area contributed by atoms with E-state index < -0.39 is 0 Å². The quantitative estimate of drug-likeness (QED) is 0.808. The number of likely N-dealkylation sites (tertiary alicyclic amines) is 1. The molecular formula is C16H26N2. The molecule has 0 amide bonds. The normalized spacial score (nSPS) is 20.6. The van der Waals surface area contributed by atoms with Crippen LogP contribution in [0.5, 0.6) is 0 Å². The van der Waals surface area contributed by atoms with Crippen molar-refractivity contribution in [1.82, 2.24) is 4.90 Å². The number of hydrogen-bond donors (Lipinski definition) is 1. The van der Waals surface area contributed by atoms with Crippen LogP contribution in [0.3, 0.4) is 0 Å². The number of nitrogen functional groups attached to an aromatic ring is 1.